The molecule has 3 rings (SSSR count). The van der Waals surface area contributed by atoms with Crippen LogP contribution in [0.2, 0.25) is 0 Å². The SMILES string of the molecule is CCCCCc1cc(O)cc(OC(=O)c2c(CCCCC)cc(O)cc2O[C@@H]2O[C@H](C(=O)O)[C@H](O)[C@H](O)[C@H]2O)c1. The molecule has 0 radical (unpaired) electrons. The summed E-state index contributed by atoms with van der Waals surface area (Å²) in [6, 6.07) is 7.01. The van der Waals surface area contributed by atoms with E-state index >= 15 is 0 Å². The van der Waals surface area contributed by atoms with Gasteiger partial charge in [0.2, 0.25) is 6.29 Å². The number of esters is 1. The highest BCUT2D eigenvalue weighted by Crippen LogP contribution is 2.34. The van der Waals surface area contributed by atoms with Crippen molar-refractivity contribution in [2.24, 2.45) is 0 Å². The van der Waals surface area contributed by atoms with E-state index in [2.05, 4.69) is 6.92 Å². The van der Waals surface area contributed by atoms with Gasteiger partial charge in [0.05, 0.1) is 0 Å². The van der Waals surface area contributed by atoms with Crippen LogP contribution in [0.3, 0.4) is 0 Å². The first-order valence-corrected chi connectivity index (χ1v) is 13.6. The van der Waals surface area contributed by atoms with E-state index in [1.165, 1.54) is 12.1 Å². The molecule has 5 atom stereocenters. The number of hydrogen-bond acceptors (Lipinski definition) is 10. The summed E-state index contributed by atoms with van der Waals surface area (Å²) in [5.74, 6) is -3.01. The molecule has 1 saturated heterocycles. The number of hydrogen-bond donors (Lipinski definition) is 6. The van der Waals surface area contributed by atoms with Gasteiger partial charge < -0.3 is 44.8 Å². The minimum absolute atomic E-state index is 0.0758. The Morgan fingerprint density at radius 3 is 2.12 bits per heavy atom. The van der Waals surface area contributed by atoms with Crippen molar-refractivity contribution in [3.05, 3.63) is 47.0 Å². The summed E-state index contributed by atoms with van der Waals surface area (Å²) < 4.78 is 16.5. The Morgan fingerprint density at radius 2 is 1.48 bits per heavy atom. The molecule has 2 aromatic rings. The Labute approximate surface area is 232 Å². The van der Waals surface area contributed by atoms with Gasteiger partial charge in [0, 0.05) is 12.1 Å². The third-order valence-electron chi connectivity index (χ3n) is 6.71. The second-order valence-corrected chi connectivity index (χ2v) is 9.97. The molecule has 0 aromatic heterocycles. The first kappa shape index (κ1) is 31.2. The van der Waals surface area contributed by atoms with Crippen molar-refractivity contribution >= 4 is 11.9 Å². The lowest BCUT2D eigenvalue weighted by molar-refractivity contribution is -0.271. The average molecular weight is 563 g/mol. The van der Waals surface area contributed by atoms with Crippen molar-refractivity contribution in [1.82, 2.24) is 0 Å². The third-order valence-corrected chi connectivity index (χ3v) is 6.71. The molecule has 0 saturated carbocycles. The molecule has 11 heteroatoms. The number of aliphatic hydroxyl groups is 3. The molecule has 220 valence electrons. The van der Waals surface area contributed by atoms with E-state index < -0.39 is 42.6 Å². The Hall–Kier alpha value is -3.38. The van der Waals surface area contributed by atoms with Gasteiger partial charge >= 0.3 is 11.9 Å². The van der Waals surface area contributed by atoms with E-state index in [0.717, 1.165) is 43.7 Å². The zero-order valence-electron chi connectivity index (χ0n) is 22.7. The smallest absolute Gasteiger partial charge is 0.347 e. The van der Waals surface area contributed by atoms with Gasteiger partial charge in [0.25, 0.3) is 0 Å². The van der Waals surface area contributed by atoms with E-state index in [0.29, 0.717) is 24.8 Å². The predicted molar refractivity (Wildman–Crippen MR) is 143 cm³/mol. The molecule has 2 aromatic carbocycles. The van der Waals surface area contributed by atoms with Crippen LogP contribution in [-0.2, 0) is 22.4 Å². The molecule has 0 bridgehead atoms. The number of aromatic hydroxyl groups is 2. The number of phenolic OH excluding ortho intramolecular Hbond substituents is 2. The van der Waals surface area contributed by atoms with Crippen LogP contribution in [0.4, 0.5) is 0 Å². The van der Waals surface area contributed by atoms with Gasteiger partial charge in [0.1, 0.15) is 46.9 Å². The molecule has 1 aliphatic rings. The Bertz CT molecular complexity index is 1160. The number of carbonyl (C=O) groups is 2. The highest BCUT2D eigenvalue weighted by molar-refractivity contribution is 5.96. The Balaban J connectivity index is 1.97. The molecule has 1 aliphatic heterocycles. The van der Waals surface area contributed by atoms with Crippen LogP contribution < -0.4 is 9.47 Å². The van der Waals surface area contributed by atoms with E-state index in [4.69, 9.17) is 14.2 Å². The number of carboxylic acids is 1. The summed E-state index contributed by atoms with van der Waals surface area (Å²) in [5.41, 5.74) is 1.05. The lowest BCUT2D eigenvalue weighted by Crippen LogP contribution is -2.61. The summed E-state index contributed by atoms with van der Waals surface area (Å²) in [6.45, 7) is 4.08. The molecule has 0 spiro atoms. The maximum absolute atomic E-state index is 13.5. The van der Waals surface area contributed by atoms with Crippen molar-refractivity contribution in [1.29, 1.82) is 0 Å². The van der Waals surface area contributed by atoms with Crippen LogP contribution in [0.1, 0.15) is 73.9 Å². The van der Waals surface area contributed by atoms with Crippen molar-refractivity contribution in [2.75, 3.05) is 0 Å². The fourth-order valence-electron chi connectivity index (χ4n) is 4.60. The number of aliphatic carboxylic acids is 1. The monoisotopic (exact) mass is 562 g/mol. The van der Waals surface area contributed by atoms with Crippen molar-refractivity contribution in [3.63, 3.8) is 0 Å². The lowest BCUT2D eigenvalue weighted by Gasteiger charge is -2.38. The van der Waals surface area contributed by atoms with E-state index in [1.54, 1.807) is 12.1 Å². The van der Waals surface area contributed by atoms with E-state index in [-0.39, 0.29) is 28.6 Å². The maximum Gasteiger partial charge on any atom is 0.347 e. The zero-order valence-corrected chi connectivity index (χ0v) is 22.7. The normalized spacial score (nSPS) is 22.6. The number of carboxylic acid groups (broad SMARTS) is 1. The minimum Gasteiger partial charge on any atom is -0.508 e. The number of aryl methyl sites for hydroxylation is 2. The number of aliphatic hydroxyl groups excluding tert-OH is 3. The second kappa shape index (κ2) is 14.3. The van der Waals surface area contributed by atoms with Gasteiger partial charge in [-0.15, -0.1) is 0 Å². The fourth-order valence-corrected chi connectivity index (χ4v) is 4.60. The summed E-state index contributed by atoms with van der Waals surface area (Å²) in [7, 11) is 0. The van der Waals surface area contributed by atoms with Crippen molar-refractivity contribution in [2.45, 2.75) is 95.9 Å². The molecule has 1 fully saturated rings. The molecule has 11 nitrogen and oxygen atoms in total. The average Bonchev–Trinajstić information content (AvgIpc) is 2.88. The molecule has 1 heterocycles. The van der Waals surface area contributed by atoms with E-state index in [1.807, 2.05) is 6.92 Å². The first-order valence-electron chi connectivity index (χ1n) is 13.6. The summed E-state index contributed by atoms with van der Waals surface area (Å²) >= 11 is 0. The summed E-state index contributed by atoms with van der Waals surface area (Å²) in [4.78, 5) is 25.1. The summed E-state index contributed by atoms with van der Waals surface area (Å²) in [6.07, 6.45) is -3.09. The minimum atomic E-state index is -1.93. The molecule has 0 aliphatic carbocycles. The van der Waals surface area contributed by atoms with Gasteiger partial charge in [-0.25, -0.2) is 9.59 Å². The lowest BCUT2D eigenvalue weighted by atomic mass is 9.98. The predicted octanol–water partition coefficient (Wildman–Crippen LogP) is 3.05. The van der Waals surface area contributed by atoms with Gasteiger partial charge in [-0.3, -0.25) is 0 Å². The number of carbonyl (C=O) groups excluding carboxylic acids is 1. The quantitative estimate of drug-likeness (QED) is 0.120. The molecule has 0 amide bonds. The van der Waals surface area contributed by atoms with Crippen molar-refractivity contribution < 1.29 is 54.4 Å². The molecular weight excluding hydrogens is 524 g/mol. The van der Waals surface area contributed by atoms with Crippen LogP contribution in [0, 0.1) is 0 Å². The number of unbranched alkanes of at least 4 members (excludes halogenated alkanes) is 4. The summed E-state index contributed by atoms with van der Waals surface area (Å²) in [5, 5.41) is 60.6. The van der Waals surface area contributed by atoms with Crippen LogP contribution >= 0.6 is 0 Å². The highest BCUT2D eigenvalue weighted by atomic mass is 16.7. The highest BCUT2D eigenvalue weighted by Gasteiger charge is 2.48. The van der Waals surface area contributed by atoms with Gasteiger partial charge in [-0.2, -0.15) is 0 Å². The van der Waals surface area contributed by atoms with Gasteiger partial charge in [-0.1, -0.05) is 39.5 Å². The van der Waals surface area contributed by atoms with Crippen LogP contribution in [-0.4, -0.2) is 73.3 Å². The van der Waals surface area contributed by atoms with Gasteiger partial charge in [0.15, 0.2) is 6.10 Å². The second-order valence-electron chi connectivity index (χ2n) is 9.97. The Kier molecular flexibility index (Phi) is 11.1. The fraction of sp³-hybridized carbons (Fsp3) is 0.517. The van der Waals surface area contributed by atoms with Crippen LogP contribution in [0.25, 0.3) is 0 Å². The molecule has 40 heavy (non-hydrogen) atoms. The van der Waals surface area contributed by atoms with Crippen LogP contribution in [0.15, 0.2) is 30.3 Å². The molecule has 6 N–H and O–H groups in total. The number of ether oxygens (including phenoxy) is 3. The number of phenols is 2. The third kappa shape index (κ3) is 7.85. The zero-order chi connectivity index (χ0) is 29.4. The Morgan fingerprint density at radius 1 is 0.825 bits per heavy atom. The van der Waals surface area contributed by atoms with E-state index in [9.17, 15) is 40.2 Å². The maximum atomic E-state index is 13.5. The first-order chi connectivity index (χ1) is 19.0. The molecular formula is C29H38O11. The number of rotatable bonds is 13. The van der Waals surface area contributed by atoms with Crippen LogP contribution in [0.5, 0.6) is 23.0 Å². The topological polar surface area (TPSA) is 183 Å². The van der Waals surface area contributed by atoms with Gasteiger partial charge in [-0.05, 0) is 55.0 Å². The van der Waals surface area contributed by atoms with Crippen molar-refractivity contribution in [3.8, 4) is 23.0 Å². The number of benzene rings is 2. The molecule has 0 unspecified atom stereocenters. The standard InChI is InChI=1S/C29H38O11/c1-3-5-7-9-16-11-18(30)14-20(12-16)38-28(37)22-17(10-8-6-4-2)13-19(31)15-21(22)39-29-25(34)23(32)24(33)26(40-29)27(35)36/h11-15,23-26,29-34H,3-10H2,1-2H3,(H,35,36)/t23-,24+,25+,26-,29+/m0/s1. The largest absolute Gasteiger partial charge is 0.508 e.